The largest absolute Gasteiger partial charge is 0.456 e. The Kier molecular flexibility index (Phi) is 5.92. The van der Waals surface area contributed by atoms with E-state index in [2.05, 4.69) is 150 Å². The SMILES string of the molecule is c1ccc(-c2cccc(-c3cc(-n4c5ccccc5c5cc6oc7ccccc7c6cc54)cc(-c4cccc5c4oc4ccccc45)n3)c2)cc1. The van der Waals surface area contributed by atoms with Gasteiger partial charge in [0.25, 0.3) is 0 Å². The quantitative estimate of drug-likeness (QED) is 0.190. The minimum absolute atomic E-state index is 0.834. The van der Waals surface area contributed by atoms with Crippen molar-refractivity contribution in [2.75, 3.05) is 0 Å². The highest BCUT2D eigenvalue weighted by Crippen LogP contribution is 2.41. The van der Waals surface area contributed by atoms with Crippen LogP contribution in [-0.4, -0.2) is 9.55 Å². The van der Waals surface area contributed by atoms with Crippen molar-refractivity contribution in [3.8, 4) is 39.3 Å². The average molecular weight is 653 g/mol. The first-order valence-electron chi connectivity index (χ1n) is 17.2. The smallest absolute Gasteiger partial charge is 0.144 e. The molecule has 0 spiro atoms. The van der Waals surface area contributed by atoms with Crippen molar-refractivity contribution in [1.82, 2.24) is 9.55 Å². The first-order chi connectivity index (χ1) is 25.3. The van der Waals surface area contributed by atoms with Crippen LogP contribution in [0.3, 0.4) is 0 Å². The van der Waals surface area contributed by atoms with Crippen LogP contribution in [0.2, 0.25) is 0 Å². The molecule has 4 nitrogen and oxygen atoms in total. The Labute approximate surface area is 292 Å². The van der Waals surface area contributed by atoms with Crippen molar-refractivity contribution in [2.45, 2.75) is 0 Å². The van der Waals surface area contributed by atoms with Crippen LogP contribution in [0.15, 0.2) is 179 Å². The minimum atomic E-state index is 0.834. The molecule has 0 amide bonds. The van der Waals surface area contributed by atoms with Gasteiger partial charge in [0.15, 0.2) is 0 Å². The first kappa shape index (κ1) is 28.0. The zero-order valence-corrected chi connectivity index (χ0v) is 27.4. The molecular weight excluding hydrogens is 625 g/mol. The molecule has 0 N–H and O–H groups in total. The van der Waals surface area contributed by atoms with E-state index in [9.17, 15) is 0 Å². The Morgan fingerprint density at radius 2 is 1.02 bits per heavy atom. The topological polar surface area (TPSA) is 44.1 Å². The highest BCUT2D eigenvalue weighted by Gasteiger charge is 2.20. The molecule has 0 aliphatic heterocycles. The van der Waals surface area contributed by atoms with Gasteiger partial charge in [0.1, 0.15) is 22.3 Å². The van der Waals surface area contributed by atoms with Gasteiger partial charge in [-0.1, -0.05) is 115 Å². The molecule has 11 rings (SSSR count). The molecule has 0 fully saturated rings. The van der Waals surface area contributed by atoms with Gasteiger partial charge in [0.05, 0.1) is 28.1 Å². The number of fused-ring (bicyclic) bond motifs is 9. The van der Waals surface area contributed by atoms with Crippen LogP contribution >= 0.6 is 0 Å². The Hall–Kier alpha value is -6.91. The summed E-state index contributed by atoms with van der Waals surface area (Å²) in [4.78, 5) is 5.39. The summed E-state index contributed by atoms with van der Waals surface area (Å²) in [5, 5.41) is 6.69. The molecule has 11 aromatic rings. The molecule has 0 aliphatic carbocycles. The van der Waals surface area contributed by atoms with Gasteiger partial charge >= 0.3 is 0 Å². The number of pyridine rings is 1. The lowest BCUT2D eigenvalue weighted by Crippen LogP contribution is -1.98. The molecule has 0 bridgehead atoms. The van der Waals surface area contributed by atoms with Gasteiger partial charge < -0.3 is 13.4 Å². The van der Waals surface area contributed by atoms with Crippen LogP contribution in [-0.2, 0) is 0 Å². The van der Waals surface area contributed by atoms with E-state index in [0.717, 1.165) is 94.1 Å². The van der Waals surface area contributed by atoms with E-state index in [4.69, 9.17) is 13.8 Å². The second kappa shape index (κ2) is 10.8. The lowest BCUT2D eigenvalue weighted by Gasteiger charge is -2.14. The summed E-state index contributed by atoms with van der Waals surface area (Å²) in [6.45, 7) is 0. The van der Waals surface area contributed by atoms with Crippen LogP contribution in [0.5, 0.6) is 0 Å². The van der Waals surface area contributed by atoms with Gasteiger partial charge in [-0.3, -0.25) is 0 Å². The molecule has 0 saturated heterocycles. The van der Waals surface area contributed by atoms with Crippen LogP contribution in [0.1, 0.15) is 0 Å². The van der Waals surface area contributed by atoms with Crippen molar-refractivity contribution < 1.29 is 8.83 Å². The van der Waals surface area contributed by atoms with Gasteiger partial charge in [0.2, 0.25) is 0 Å². The van der Waals surface area contributed by atoms with Gasteiger partial charge in [-0.15, -0.1) is 0 Å². The molecular formula is C47H28N2O2. The van der Waals surface area contributed by atoms with E-state index in [-0.39, 0.29) is 0 Å². The maximum atomic E-state index is 6.55. The van der Waals surface area contributed by atoms with Gasteiger partial charge in [-0.05, 0) is 65.7 Å². The third kappa shape index (κ3) is 4.30. The number of hydrogen-bond donors (Lipinski definition) is 0. The predicted molar refractivity (Wildman–Crippen MR) is 209 cm³/mol. The average Bonchev–Trinajstić information content (AvgIpc) is 3.86. The second-order valence-electron chi connectivity index (χ2n) is 13.1. The van der Waals surface area contributed by atoms with Gasteiger partial charge in [-0.25, -0.2) is 4.98 Å². The lowest BCUT2D eigenvalue weighted by atomic mass is 10.0. The van der Waals surface area contributed by atoms with Crippen LogP contribution in [0, 0.1) is 0 Å². The number of benzene rings is 7. The molecule has 0 saturated carbocycles. The third-order valence-electron chi connectivity index (χ3n) is 10.2. The van der Waals surface area contributed by atoms with Crippen molar-refractivity contribution in [3.05, 3.63) is 170 Å². The molecule has 4 heteroatoms. The third-order valence-corrected chi connectivity index (χ3v) is 10.2. The zero-order chi connectivity index (χ0) is 33.5. The lowest BCUT2D eigenvalue weighted by molar-refractivity contribution is 0.669. The molecule has 0 aliphatic rings. The molecule has 0 atom stereocenters. The normalized spacial score (nSPS) is 11.9. The fourth-order valence-electron chi connectivity index (χ4n) is 7.83. The van der Waals surface area contributed by atoms with Crippen LogP contribution in [0.4, 0.5) is 0 Å². The Balaban J connectivity index is 1.22. The summed E-state index contributed by atoms with van der Waals surface area (Å²) in [6.07, 6.45) is 0. The predicted octanol–water partition coefficient (Wildman–Crippen LogP) is 13.0. The molecule has 51 heavy (non-hydrogen) atoms. The standard InChI is InChI=1S/C47H28N2O2/c1-2-12-29(13-3-1)30-14-10-15-31(24-30)40-25-32(26-41(48-40)37-20-11-19-36-34-17-5-9-23-45(34)51-47(36)37)49-42-21-7-4-16-33(42)38-28-46-39(27-43(38)49)35-18-6-8-22-44(35)50-46/h1-28H. The molecule has 7 aromatic carbocycles. The number of rotatable bonds is 4. The van der Waals surface area contributed by atoms with Crippen LogP contribution in [0.25, 0.3) is 105 Å². The van der Waals surface area contributed by atoms with Crippen molar-refractivity contribution in [2.24, 2.45) is 0 Å². The van der Waals surface area contributed by atoms with E-state index < -0.39 is 0 Å². The van der Waals surface area contributed by atoms with Crippen molar-refractivity contribution in [3.63, 3.8) is 0 Å². The molecule has 4 heterocycles. The molecule has 0 radical (unpaired) electrons. The maximum Gasteiger partial charge on any atom is 0.144 e. The summed E-state index contributed by atoms with van der Waals surface area (Å²) in [6, 6.07) is 59.5. The number of furan rings is 2. The molecule has 0 unspecified atom stereocenters. The fraction of sp³-hybridized carbons (Fsp3) is 0. The number of nitrogens with zero attached hydrogens (tertiary/aromatic N) is 2. The highest BCUT2D eigenvalue weighted by atomic mass is 16.3. The second-order valence-corrected chi connectivity index (χ2v) is 13.1. The van der Waals surface area contributed by atoms with Crippen molar-refractivity contribution in [1.29, 1.82) is 0 Å². The first-order valence-corrected chi connectivity index (χ1v) is 17.2. The summed E-state index contributed by atoms with van der Waals surface area (Å²) in [7, 11) is 0. The summed E-state index contributed by atoms with van der Waals surface area (Å²) in [5.74, 6) is 0. The molecule has 4 aromatic heterocycles. The van der Waals surface area contributed by atoms with E-state index >= 15 is 0 Å². The number of para-hydroxylation sites is 4. The van der Waals surface area contributed by atoms with Gasteiger partial charge in [-0.2, -0.15) is 0 Å². The Bertz CT molecular complexity index is 3140. The Morgan fingerprint density at radius 1 is 0.373 bits per heavy atom. The van der Waals surface area contributed by atoms with E-state index in [1.54, 1.807) is 0 Å². The zero-order valence-electron chi connectivity index (χ0n) is 27.4. The minimum Gasteiger partial charge on any atom is -0.456 e. The van der Waals surface area contributed by atoms with E-state index in [0.29, 0.717) is 0 Å². The fourth-order valence-corrected chi connectivity index (χ4v) is 7.83. The highest BCUT2D eigenvalue weighted by molar-refractivity contribution is 6.17. The van der Waals surface area contributed by atoms with Crippen molar-refractivity contribution >= 4 is 65.7 Å². The van der Waals surface area contributed by atoms with Gasteiger partial charge in [0, 0.05) is 43.4 Å². The number of hydrogen-bond acceptors (Lipinski definition) is 3. The Morgan fingerprint density at radius 3 is 1.88 bits per heavy atom. The maximum absolute atomic E-state index is 6.55. The summed E-state index contributed by atoms with van der Waals surface area (Å²) >= 11 is 0. The van der Waals surface area contributed by atoms with Crippen LogP contribution < -0.4 is 0 Å². The summed E-state index contributed by atoms with van der Waals surface area (Å²) < 4.78 is 15.3. The number of aromatic nitrogens is 2. The molecule has 238 valence electrons. The summed E-state index contributed by atoms with van der Waals surface area (Å²) in [5.41, 5.74) is 12.8. The monoisotopic (exact) mass is 652 g/mol. The van der Waals surface area contributed by atoms with E-state index in [1.807, 2.05) is 24.3 Å². The van der Waals surface area contributed by atoms with E-state index in [1.165, 1.54) is 10.9 Å².